The quantitative estimate of drug-likeness (QED) is 0.579. The topological polar surface area (TPSA) is 79.8 Å². The van der Waals surface area contributed by atoms with Crippen LogP contribution < -0.4 is 0 Å². The molecule has 4 rings (SSSR count). The first-order chi connectivity index (χ1) is 16.0. The number of carbonyl (C=O) groups is 3. The number of likely N-dealkylation sites (tertiary alicyclic amines) is 2. The van der Waals surface area contributed by atoms with E-state index in [1.54, 1.807) is 30.5 Å². The van der Waals surface area contributed by atoms with Gasteiger partial charge in [-0.2, -0.15) is 0 Å². The lowest BCUT2D eigenvalue weighted by molar-refractivity contribution is -0.144. The zero-order chi connectivity index (χ0) is 23.4. The predicted octanol–water partition coefficient (Wildman–Crippen LogP) is 3.52. The van der Waals surface area contributed by atoms with Crippen LogP contribution in [0.1, 0.15) is 49.4 Å². The minimum Gasteiger partial charge on any atom is -0.383 e. The third-order valence-electron chi connectivity index (χ3n) is 6.62. The Morgan fingerprint density at radius 3 is 2.70 bits per heavy atom. The highest BCUT2D eigenvalue weighted by Crippen LogP contribution is 2.44. The van der Waals surface area contributed by atoms with Gasteiger partial charge in [-0.1, -0.05) is 35.9 Å². The number of halogens is 1. The van der Waals surface area contributed by atoms with Gasteiger partial charge in [0.15, 0.2) is 0 Å². The zero-order valence-electron chi connectivity index (χ0n) is 18.7. The molecular formula is C25H28ClN3O4. The number of pyridine rings is 1. The summed E-state index contributed by atoms with van der Waals surface area (Å²) in [6, 6.07) is 12.5. The van der Waals surface area contributed by atoms with Crippen molar-refractivity contribution in [3.8, 4) is 0 Å². The summed E-state index contributed by atoms with van der Waals surface area (Å²) in [7, 11) is 1.52. The number of rotatable bonds is 7. The van der Waals surface area contributed by atoms with Crippen molar-refractivity contribution >= 4 is 29.3 Å². The van der Waals surface area contributed by atoms with Crippen molar-refractivity contribution in [1.29, 1.82) is 0 Å². The van der Waals surface area contributed by atoms with E-state index in [0.717, 1.165) is 25.0 Å². The van der Waals surface area contributed by atoms with Gasteiger partial charge in [0.05, 0.1) is 30.3 Å². The Kier molecular flexibility index (Phi) is 7.10. The zero-order valence-corrected chi connectivity index (χ0v) is 19.5. The summed E-state index contributed by atoms with van der Waals surface area (Å²) in [5.74, 6) is -0.873. The molecule has 0 aliphatic carbocycles. The number of methoxy groups -OCH3 is 1. The molecule has 2 aromatic rings. The van der Waals surface area contributed by atoms with Crippen molar-refractivity contribution in [3.63, 3.8) is 0 Å². The van der Waals surface area contributed by atoms with Gasteiger partial charge in [0, 0.05) is 37.7 Å². The number of amides is 3. The van der Waals surface area contributed by atoms with Crippen molar-refractivity contribution in [3.05, 3.63) is 64.9 Å². The van der Waals surface area contributed by atoms with Gasteiger partial charge in [-0.05, 0) is 43.0 Å². The highest BCUT2D eigenvalue weighted by molar-refractivity contribution is 6.32. The van der Waals surface area contributed by atoms with Crippen LogP contribution >= 0.6 is 11.6 Å². The molecule has 0 spiro atoms. The Bertz CT molecular complexity index is 1030. The van der Waals surface area contributed by atoms with E-state index < -0.39 is 11.3 Å². The second kappa shape index (κ2) is 10.0. The van der Waals surface area contributed by atoms with E-state index in [1.165, 1.54) is 12.0 Å². The van der Waals surface area contributed by atoms with Crippen LogP contribution in [0.15, 0.2) is 48.7 Å². The van der Waals surface area contributed by atoms with Crippen LogP contribution in [0, 0.1) is 0 Å². The molecule has 2 saturated heterocycles. The highest BCUT2D eigenvalue weighted by Gasteiger charge is 2.55. The first kappa shape index (κ1) is 23.4. The third kappa shape index (κ3) is 4.52. The summed E-state index contributed by atoms with van der Waals surface area (Å²) in [6.07, 6.45) is 4.23. The maximum atomic E-state index is 13.7. The van der Waals surface area contributed by atoms with Crippen molar-refractivity contribution in [2.24, 2.45) is 0 Å². The number of benzene rings is 1. The van der Waals surface area contributed by atoms with E-state index in [9.17, 15) is 14.4 Å². The minimum absolute atomic E-state index is 0.0902. The summed E-state index contributed by atoms with van der Waals surface area (Å²) in [5, 5.41) is 0.375. The van der Waals surface area contributed by atoms with E-state index in [-0.39, 0.29) is 43.8 Å². The largest absolute Gasteiger partial charge is 0.383 e. The van der Waals surface area contributed by atoms with Crippen LogP contribution in [0.2, 0.25) is 5.02 Å². The van der Waals surface area contributed by atoms with Gasteiger partial charge in [-0.25, -0.2) is 0 Å². The van der Waals surface area contributed by atoms with Crippen LogP contribution in [0.3, 0.4) is 0 Å². The second-order valence-electron chi connectivity index (χ2n) is 8.61. The molecule has 2 aliphatic rings. The fraction of sp³-hybridized carbons (Fsp3) is 0.440. The summed E-state index contributed by atoms with van der Waals surface area (Å²) < 4.78 is 5.08. The lowest BCUT2D eigenvalue weighted by Crippen LogP contribution is -2.46. The van der Waals surface area contributed by atoms with Gasteiger partial charge >= 0.3 is 0 Å². The third-order valence-corrected chi connectivity index (χ3v) is 6.95. The summed E-state index contributed by atoms with van der Waals surface area (Å²) >= 11 is 6.51. The molecule has 8 heteroatoms. The molecule has 2 atom stereocenters. The Morgan fingerprint density at radius 2 is 1.97 bits per heavy atom. The van der Waals surface area contributed by atoms with Crippen molar-refractivity contribution in [2.75, 3.05) is 26.8 Å². The standard InChI is InChI=1S/C25H28ClN3O4/c1-33-15-14-29-23(31)17-25(24(29)32,18-8-2-3-9-19(18)26)16-22(30)28-13-7-5-11-21(28)20-10-4-6-12-27-20/h2-4,6,8-10,12,21H,5,7,11,13-17H2,1H3. The monoisotopic (exact) mass is 469 g/mol. The molecule has 0 saturated carbocycles. The predicted molar refractivity (Wildman–Crippen MR) is 124 cm³/mol. The number of ether oxygens (including phenoxy) is 1. The smallest absolute Gasteiger partial charge is 0.241 e. The first-order valence-corrected chi connectivity index (χ1v) is 11.6. The molecule has 7 nitrogen and oxygen atoms in total. The van der Waals surface area contributed by atoms with Crippen molar-refractivity contribution in [2.45, 2.75) is 43.6 Å². The maximum absolute atomic E-state index is 13.7. The summed E-state index contributed by atoms with van der Waals surface area (Å²) in [6.45, 7) is 0.973. The van der Waals surface area contributed by atoms with Gasteiger partial charge in [0.2, 0.25) is 17.7 Å². The van der Waals surface area contributed by atoms with E-state index >= 15 is 0 Å². The molecule has 2 unspecified atom stereocenters. The molecule has 2 fully saturated rings. The number of nitrogens with zero attached hydrogens (tertiary/aromatic N) is 3. The van der Waals surface area contributed by atoms with Gasteiger partial charge in [-0.15, -0.1) is 0 Å². The Balaban J connectivity index is 1.69. The number of hydrogen-bond donors (Lipinski definition) is 0. The molecule has 2 aliphatic heterocycles. The van der Waals surface area contributed by atoms with Crippen LogP contribution in [0.5, 0.6) is 0 Å². The number of carbonyl (C=O) groups excluding carboxylic acids is 3. The van der Waals surface area contributed by atoms with Crippen molar-refractivity contribution < 1.29 is 19.1 Å². The Labute approximate surface area is 198 Å². The number of hydrogen-bond acceptors (Lipinski definition) is 5. The van der Waals surface area contributed by atoms with Gasteiger partial charge < -0.3 is 9.64 Å². The summed E-state index contributed by atoms with van der Waals surface area (Å²) in [4.78, 5) is 47.8. The molecular weight excluding hydrogens is 442 g/mol. The number of aromatic nitrogens is 1. The van der Waals surface area contributed by atoms with E-state index in [2.05, 4.69) is 4.98 Å². The summed E-state index contributed by atoms with van der Waals surface area (Å²) in [5.41, 5.74) is 0.0318. The molecule has 3 amide bonds. The minimum atomic E-state index is -1.33. The normalized spacial score (nSPS) is 23.3. The number of imide groups is 1. The van der Waals surface area contributed by atoms with Crippen molar-refractivity contribution in [1.82, 2.24) is 14.8 Å². The van der Waals surface area contributed by atoms with Crippen LogP contribution in [-0.4, -0.2) is 59.3 Å². The molecule has 0 bridgehead atoms. The molecule has 174 valence electrons. The Morgan fingerprint density at radius 1 is 1.18 bits per heavy atom. The highest BCUT2D eigenvalue weighted by atomic mass is 35.5. The van der Waals surface area contributed by atoms with Gasteiger partial charge in [0.25, 0.3) is 0 Å². The van der Waals surface area contributed by atoms with E-state index in [4.69, 9.17) is 16.3 Å². The fourth-order valence-electron chi connectivity index (χ4n) is 4.97. The van der Waals surface area contributed by atoms with E-state index in [1.807, 2.05) is 23.1 Å². The molecule has 33 heavy (non-hydrogen) atoms. The van der Waals surface area contributed by atoms with Crippen LogP contribution in [0.4, 0.5) is 0 Å². The van der Waals surface area contributed by atoms with E-state index in [0.29, 0.717) is 17.1 Å². The lowest BCUT2D eigenvalue weighted by Gasteiger charge is -2.38. The van der Waals surface area contributed by atoms with Crippen LogP contribution in [-0.2, 0) is 24.5 Å². The molecule has 1 aromatic carbocycles. The average Bonchev–Trinajstić information content (AvgIpc) is 3.07. The SMILES string of the molecule is COCCN1C(=O)CC(CC(=O)N2CCCCC2c2ccccn2)(c2ccccc2Cl)C1=O. The second-order valence-corrected chi connectivity index (χ2v) is 9.02. The number of piperidine rings is 1. The molecule has 0 radical (unpaired) electrons. The van der Waals surface area contributed by atoms with Crippen LogP contribution in [0.25, 0.3) is 0 Å². The fourth-order valence-corrected chi connectivity index (χ4v) is 5.29. The molecule has 0 N–H and O–H groups in total. The first-order valence-electron chi connectivity index (χ1n) is 11.3. The molecule has 1 aromatic heterocycles. The maximum Gasteiger partial charge on any atom is 0.241 e. The molecule has 3 heterocycles. The average molecular weight is 470 g/mol. The van der Waals surface area contributed by atoms with Gasteiger partial charge in [0.1, 0.15) is 0 Å². The Hall–Kier alpha value is -2.77. The van der Waals surface area contributed by atoms with Gasteiger partial charge in [-0.3, -0.25) is 24.3 Å². The lowest BCUT2D eigenvalue weighted by atomic mass is 9.75.